The number of likely N-dealkylation sites (tertiary alicyclic amines) is 1. The number of methoxy groups -OCH3 is 1. The molecule has 0 spiro atoms. The van der Waals surface area contributed by atoms with Gasteiger partial charge in [-0.25, -0.2) is 4.79 Å². The fourth-order valence-electron chi connectivity index (χ4n) is 2.26. The molecule has 1 heterocycles. The van der Waals surface area contributed by atoms with Gasteiger partial charge < -0.3 is 15.0 Å². The topological polar surface area (TPSA) is 58.6 Å². The zero-order chi connectivity index (χ0) is 14.5. The van der Waals surface area contributed by atoms with Crippen molar-refractivity contribution in [3.63, 3.8) is 0 Å². The van der Waals surface area contributed by atoms with Gasteiger partial charge >= 0.3 is 6.09 Å². The summed E-state index contributed by atoms with van der Waals surface area (Å²) >= 11 is 5.89. The lowest BCUT2D eigenvalue weighted by molar-refractivity contribution is 0.0704. The SMILES string of the molecule is COC(=O)NC1CCN(C(=O)c2cccc(Cl)c2)CC1. The van der Waals surface area contributed by atoms with E-state index in [-0.39, 0.29) is 11.9 Å². The van der Waals surface area contributed by atoms with Crippen LogP contribution in [0, 0.1) is 0 Å². The van der Waals surface area contributed by atoms with Crippen LogP contribution in [0.1, 0.15) is 23.2 Å². The van der Waals surface area contributed by atoms with E-state index in [4.69, 9.17) is 11.6 Å². The zero-order valence-electron chi connectivity index (χ0n) is 11.3. The van der Waals surface area contributed by atoms with E-state index < -0.39 is 6.09 Å². The van der Waals surface area contributed by atoms with Crippen molar-refractivity contribution in [3.8, 4) is 0 Å². The molecule has 108 valence electrons. The van der Waals surface area contributed by atoms with Gasteiger partial charge in [-0.15, -0.1) is 0 Å². The Labute approximate surface area is 122 Å². The van der Waals surface area contributed by atoms with Crippen molar-refractivity contribution in [3.05, 3.63) is 34.9 Å². The molecular weight excluding hydrogens is 280 g/mol. The maximum Gasteiger partial charge on any atom is 0.407 e. The van der Waals surface area contributed by atoms with Gasteiger partial charge in [-0.2, -0.15) is 0 Å². The first-order valence-corrected chi connectivity index (χ1v) is 6.87. The van der Waals surface area contributed by atoms with Gasteiger partial charge in [0.05, 0.1) is 7.11 Å². The largest absolute Gasteiger partial charge is 0.453 e. The van der Waals surface area contributed by atoms with Crippen LogP contribution < -0.4 is 5.32 Å². The summed E-state index contributed by atoms with van der Waals surface area (Å²) in [5.74, 6) is -0.0241. The number of piperidine rings is 1. The van der Waals surface area contributed by atoms with Crippen molar-refractivity contribution >= 4 is 23.6 Å². The van der Waals surface area contributed by atoms with Crippen molar-refractivity contribution < 1.29 is 14.3 Å². The molecule has 6 heteroatoms. The van der Waals surface area contributed by atoms with Crippen molar-refractivity contribution in [2.45, 2.75) is 18.9 Å². The molecule has 0 aromatic heterocycles. The number of amides is 2. The molecule has 1 N–H and O–H groups in total. The van der Waals surface area contributed by atoms with E-state index >= 15 is 0 Å². The number of hydrogen-bond donors (Lipinski definition) is 1. The molecule has 20 heavy (non-hydrogen) atoms. The molecule has 0 aliphatic carbocycles. The second-order valence-electron chi connectivity index (χ2n) is 4.71. The summed E-state index contributed by atoms with van der Waals surface area (Å²) < 4.78 is 4.56. The van der Waals surface area contributed by atoms with Crippen molar-refractivity contribution in [2.75, 3.05) is 20.2 Å². The first-order chi connectivity index (χ1) is 9.60. The highest BCUT2D eigenvalue weighted by atomic mass is 35.5. The highest BCUT2D eigenvalue weighted by molar-refractivity contribution is 6.30. The van der Waals surface area contributed by atoms with E-state index in [1.807, 2.05) is 0 Å². The van der Waals surface area contributed by atoms with Gasteiger partial charge in [0, 0.05) is 29.7 Å². The molecule has 1 fully saturated rings. The van der Waals surface area contributed by atoms with Crippen molar-refractivity contribution in [2.24, 2.45) is 0 Å². The predicted octanol–water partition coefficient (Wildman–Crippen LogP) is 2.30. The van der Waals surface area contributed by atoms with Crippen LogP contribution in [0.15, 0.2) is 24.3 Å². The molecule has 0 radical (unpaired) electrons. The number of rotatable bonds is 2. The first kappa shape index (κ1) is 14.7. The maximum absolute atomic E-state index is 12.3. The fraction of sp³-hybridized carbons (Fsp3) is 0.429. The van der Waals surface area contributed by atoms with Crippen molar-refractivity contribution in [1.29, 1.82) is 0 Å². The van der Waals surface area contributed by atoms with Gasteiger partial charge in [-0.1, -0.05) is 17.7 Å². The first-order valence-electron chi connectivity index (χ1n) is 6.49. The van der Waals surface area contributed by atoms with Gasteiger partial charge in [0.2, 0.25) is 0 Å². The van der Waals surface area contributed by atoms with Gasteiger partial charge in [-0.05, 0) is 31.0 Å². The minimum absolute atomic E-state index is 0.0241. The van der Waals surface area contributed by atoms with Crippen molar-refractivity contribution in [1.82, 2.24) is 10.2 Å². The van der Waals surface area contributed by atoms with E-state index in [0.29, 0.717) is 23.7 Å². The molecule has 2 rings (SSSR count). The van der Waals surface area contributed by atoms with Crippen LogP contribution in [0.2, 0.25) is 5.02 Å². The number of nitrogens with one attached hydrogen (secondary N) is 1. The zero-order valence-corrected chi connectivity index (χ0v) is 12.0. The third-order valence-corrected chi connectivity index (χ3v) is 3.60. The summed E-state index contributed by atoms with van der Waals surface area (Å²) in [5.41, 5.74) is 0.594. The normalized spacial score (nSPS) is 15.8. The minimum atomic E-state index is -0.426. The second kappa shape index (κ2) is 6.61. The third-order valence-electron chi connectivity index (χ3n) is 3.36. The molecule has 0 unspecified atom stereocenters. The quantitative estimate of drug-likeness (QED) is 0.911. The number of carbonyl (C=O) groups is 2. The molecule has 1 aromatic carbocycles. The predicted molar refractivity (Wildman–Crippen MR) is 75.9 cm³/mol. The average molecular weight is 297 g/mol. The Morgan fingerprint density at radius 1 is 1.35 bits per heavy atom. The number of carbonyl (C=O) groups excluding carboxylic acids is 2. The molecule has 0 atom stereocenters. The third kappa shape index (κ3) is 3.63. The second-order valence-corrected chi connectivity index (χ2v) is 5.15. The highest BCUT2D eigenvalue weighted by Crippen LogP contribution is 2.16. The van der Waals surface area contributed by atoms with E-state index in [1.54, 1.807) is 29.2 Å². The Morgan fingerprint density at radius 2 is 2.05 bits per heavy atom. The number of halogens is 1. The Hall–Kier alpha value is -1.75. The van der Waals surface area contributed by atoms with Gasteiger partial charge in [0.1, 0.15) is 0 Å². The lowest BCUT2D eigenvalue weighted by Gasteiger charge is -2.32. The Balaban J connectivity index is 1.90. The number of benzene rings is 1. The summed E-state index contributed by atoms with van der Waals surface area (Å²) in [5, 5.41) is 3.31. The monoisotopic (exact) mass is 296 g/mol. The number of ether oxygens (including phenoxy) is 1. The van der Waals surface area contributed by atoms with E-state index in [1.165, 1.54) is 7.11 Å². The molecule has 0 bridgehead atoms. The number of hydrogen-bond acceptors (Lipinski definition) is 3. The molecule has 1 saturated heterocycles. The molecule has 1 aromatic rings. The maximum atomic E-state index is 12.3. The Bertz CT molecular complexity index is 499. The summed E-state index contributed by atoms with van der Waals surface area (Å²) in [6.07, 6.45) is 1.02. The van der Waals surface area contributed by atoms with Crippen LogP contribution in [-0.2, 0) is 4.74 Å². The lowest BCUT2D eigenvalue weighted by atomic mass is 10.0. The summed E-state index contributed by atoms with van der Waals surface area (Å²) in [4.78, 5) is 25.2. The van der Waals surface area contributed by atoms with Crippen LogP contribution in [0.25, 0.3) is 0 Å². The van der Waals surface area contributed by atoms with E-state index in [2.05, 4.69) is 10.1 Å². The van der Waals surface area contributed by atoms with Crippen LogP contribution in [0.5, 0.6) is 0 Å². The molecular formula is C14H17ClN2O3. The highest BCUT2D eigenvalue weighted by Gasteiger charge is 2.24. The van der Waals surface area contributed by atoms with Gasteiger partial charge in [0.25, 0.3) is 5.91 Å². The summed E-state index contributed by atoms with van der Waals surface area (Å²) in [7, 11) is 1.34. The average Bonchev–Trinajstić information content (AvgIpc) is 2.47. The smallest absolute Gasteiger partial charge is 0.407 e. The molecule has 0 saturated carbocycles. The number of alkyl carbamates (subject to hydrolysis) is 1. The molecule has 5 nitrogen and oxygen atoms in total. The van der Waals surface area contributed by atoms with Crippen LogP contribution in [-0.4, -0.2) is 43.1 Å². The molecule has 1 aliphatic heterocycles. The minimum Gasteiger partial charge on any atom is -0.453 e. The Morgan fingerprint density at radius 3 is 2.65 bits per heavy atom. The standard InChI is InChI=1S/C14H17ClN2O3/c1-20-14(19)16-12-5-7-17(8-6-12)13(18)10-3-2-4-11(15)9-10/h2-4,9,12H,5-8H2,1H3,(H,16,19). The van der Waals surface area contributed by atoms with Crippen LogP contribution >= 0.6 is 11.6 Å². The Kier molecular flexibility index (Phi) is 4.84. The van der Waals surface area contributed by atoms with Gasteiger partial charge in [0.15, 0.2) is 0 Å². The summed E-state index contributed by atoms with van der Waals surface area (Å²) in [6.45, 7) is 1.22. The van der Waals surface area contributed by atoms with Crippen LogP contribution in [0.4, 0.5) is 4.79 Å². The molecule has 1 aliphatic rings. The summed E-state index contributed by atoms with van der Waals surface area (Å²) in [6, 6.07) is 6.99. The van der Waals surface area contributed by atoms with Gasteiger partial charge in [-0.3, -0.25) is 4.79 Å². The number of nitrogens with zero attached hydrogens (tertiary/aromatic N) is 1. The van der Waals surface area contributed by atoms with Crippen LogP contribution in [0.3, 0.4) is 0 Å². The fourth-order valence-corrected chi connectivity index (χ4v) is 2.45. The molecule has 2 amide bonds. The van der Waals surface area contributed by atoms with E-state index in [0.717, 1.165) is 12.8 Å². The van der Waals surface area contributed by atoms with E-state index in [9.17, 15) is 9.59 Å². The lowest BCUT2D eigenvalue weighted by Crippen LogP contribution is -2.46.